The molecule has 0 aliphatic heterocycles. The Kier molecular flexibility index (Phi) is 4.39. The number of pyridine rings is 1. The Morgan fingerprint density at radius 3 is 2.37 bits per heavy atom. The molecular weight excluding hydrogens is 382 g/mol. The van der Waals surface area contributed by atoms with Gasteiger partial charge in [-0.1, -0.05) is 35.9 Å². The second kappa shape index (κ2) is 6.74. The van der Waals surface area contributed by atoms with Gasteiger partial charge in [0.1, 0.15) is 0 Å². The zero-order valence-corrected chi connectivity index (χ0v) is 15.6. The van der Waals surface area contributed by atoms with Crippen molar-refractivity contribution in [1.82, 2.24) is 4.98 Å². The van der Waals surface area contributed by atoms with Crippen molar-refractivity contribution in [3.63, 3.8) is 0 Å². The van der Waals surface area contributed by atoms with Crippen LogP contribution in [0.5, 0.6) is 0 Å². The highest BCUT2D eigenvalue weighted by molar-refractivity contribution is 7.89. The third-order valence-corrected chi connectivity index (χ3v) is 5.36. The molecule has 3 aromatic carbocycles. The molecular formula is C20H14ClN3O2S. The average Bonchev–Trinajstić information content (AvgIpc) is 2.64. The topological polar surface area (TPSA) is 85.4 Å². The van der Waals surface area contributed by atoms with E-state index in [2.05, 4.69) is 9.98 Å². The van der Waals surface area contributed by atoms with Gasteiger partial charge >= 0.3 is 0 Å². The number of para-hydroxylation sites is 1. The predicted octanol–water partition coefficient (Wildman–Crippen LogP) is 4.44. The summed E-state index contributed by atoms with van der Waals surface area (Å²) in [5.41, 5.74) is 3.17. The van der Waals surface area contributed by atoms with Crippen LogP contribution in [0, 0.1) is 0 Å². The minimum Gasteiger partial charge on any atom is -0.256 e. The summed E-state index contributed by atoms with van der Waals surface area (Å²) in [5.74, 6) is 0. The van der Waals surface area contributed by atoms with Gasteiger partial charge in [-0.2, -0.15) is 0 Å². The molecule has 1 aromatic heterocycles. The fourth-order valence-corrected chi connectivity index (χ4v) is 3.58. The zero-order chi connectivity index (χ0) is 19.0. The molecule has 134 valence electrons. The lowest BCUT2D eigenvalue weighted by molar-refractivity contribution is 0.598. The van der Waals surface area contributed by atoms with Crippen molar-refractivity contribution >= 4 is 55.3 Å². The number of hydrogen-bond acceptors (Lipinski definition) is 4. The highest BCUT2D eigenvalue weighted by atomic mass is 35.5. The summed E-state index contributed by atoms with van der Waals surface area (Å²) in [6.45, 7) is 0. The van der Waals surface area contributed by atoms with Crippen molar-refractivity contribution in [3.8, 4) is 0 Å². The van der Waals surface area contributed by atoms with E-state index in [0.717, 1.165) is 27.4 Å². The van der Waals surface area contributed by atoms with Crippen LogP contribution in [0.4, 0.5) is 5.69 Å². The van der Waals surface area contributed by atoms with Crippen molar-refractivity contribution < 1.29 is 8.42 Å². The summed E-state index contributed by atoms with van der Waals surface area (Å²) in [7, 11) is -3.72. The molecule has 0 radical (unpaired) electrons. The molecule has 1 heterocycles. The lowest BCUT2D eigenvalue weighted by Gasteiger charge is -2.07. The molecule has 0 spiro atoms. The first-order valence-corrected chi connectivity index (χ1v) is 9.99. The molecule has 0 aliphatic carbocycles. The molecule has 2 N–H and O–H groups in total. The van der Waals surface area contributed by atoms with E-state index in [9.17, 15) is 8.42 Å². The van der Waals surface area contributed by atoms with E-state index >= 15 is 0 Å². The Balaban J connectivity index is 1.85. The van der Waals surface area contributed by atoms with Crippen LogP contribution in [0.25, 0.3) is 21.8 Å². The number of nitrogens with zero attached hydrogens (tertiary/aromatic N) is 2. The number of hydrogen-bond donors (Lipinski definition) is 1. The van der Waals surface area contributed by atoms with Gasteiger partial charge in [0, 0.05) is 27.6 Å². The van der Waals surface area contributed by atoms with Crippen LogP contribution in [-0.2, 0) is 10.0 Å². The van der Waals surface area contributed by atoms with Crippen LogP contribution in [0.2, 0.25) is 5.02 Å². The lowest BCUT2D eigenvalue weighted by Crippen LogP contribution is -2.11. The van der Waals surface area contributed by atoms with Crippen LogP contribution < -0.4 is 5.14 Å². The van der Waals surface area contributed by atoms with Crippen LogP contribution in [0.3, 0.4) is 0 Å². The molecule has 0 atom stereocenters. The number of halogens is 1. The van der Waals surface area contributed by atoms with Gasteiger partial charge in [-0.25, -0.2) is 18.5 Å². The maximum Gasteiger partial charge on any atom is 0.238 e. The summed E-state index contributed by atoms with van der Waals surface area (Å²) in [6.07, 6.45) is 1.76. The normalized spacial score (nSPS) is 12.2. The second-order valence-electron chi connectivity index (χ2n) is 6.00. The van der Waals surface area contributed by atoms with E-state index in [1.807, 2.05) is 42.5 Å². The van der Waals surface area contributed by atoms with Gasteiger partial charge in [0.05, 0.1) is 21.6 Å². The summed E-state index contributed by atoms with van der Waals surface area (Å²) >= 11 is 6.11. The smallest absolute Gasteiger partial charge is 0.238 e. The van der Waals surface area contributed by atoms with E-state index in [4.69, 9.17) is 16.7 Å². The maximum atomic E-state index is 11.4. The van der Waals surface area contributed by atoms with Gasteiger partial charge in [0.15, 0.2) is 0 Å². The predicted molar refractivity (Wildman–Crippen MR) is 109 cm³/mol. The summed E-state index contributed by atoms with van der Waals surface area (Å²) in [4.78, 5) is 9.22. The van der Waals surface area contributed by atoms with Crippen LogP contribution in [0.1, 0.15) is 5.56 Å². The van der Waals surface area contributed by atoms with E-state index in [1.54, 1.807) is 18.3 Å². The monoisotopic (exact) mass is 395 g/mol. The molecule has 0 bridgehead atoms. The van der Waals surface area contributed by atoms with Crippen molar-refractivity contribution in [2.24, 2.45) is 10.1 Å². The van der Waals surface area contributed by atoms with Crippen LogP contribution in [0.15, 0.2) is 76.6 Å². The third-order valence-electron chi connectivity index (χ3n) is 4.19. The molecule has 0 aliphatic rings. The molecule has 7 heteroatoms. The van der Waals surface area contributed by atoms with Gasteiger partial charge in [-0.05, 0) is 42.5 Å². The standard InChI is InChI=1S/C20H14ClN3O2S/c21-13-5-10-17-18(16-3-1-2-4-19(16)24-20(17)11-13)12-23-14-6-8-15(9-7-14)27(22,25)26/h1-12H,(H2,22,25,26). The molecule has 0 saturated heterocycles. The highest BCUT2D eigenvalue weighted by Crippen LogP contribution is 2.27. The Bertz CT molecular complexity index is 1300. The van der Waals surface area contributed by atoms with E-state index < -0.39 is 10.0 Å². The van der Waals surface area contributed by atoms with E-state index in [0.29, 0.717) is 10.7 Å². The van der Waals surface area contributed by atoms with Gasteiger partial charge < -0.3 is 0 Å². The molecule has 4 aromatic rings. The van der Waals surface area contributed by atoms with Crippen molar-refractivity contribution in [2.45, 2.75) is 4.90 Å². The summed E-state index contributed by atoms with van der Waals surface area (Å²) in [6, 6.07) is 19.5. The Morgan fingerprint density at radius 2 is 1.63 bits per heavy atom. The molecule has 0 unspecified atom stereocenters. The number of aromatic nitrogens is 1. The van der Waals surface area contributed by atoms with E-state index in [1.165, 1.54) is 12.1 Å². The number of fused-ring (bicyclic) bond motifs is 2. The number of rotatable bonds is 3. The Hall–Kier alpha value is -2.80. The van der Waals surface area contributed by atoms with Gasteiger partial charge in [0.2, 0.25) is 10.0 Å². The zero-order valence-electron chi connectivity index (χ0n) is 14.0. The van der Waals surface area contributed by atoms with Crippen molar-refractivity contribution in [3.05, 3.63) is 77.3 Å². The molecule has 0 amide bonds. The summed E-state index contributed by atoms with van der Waals surface area (Å²) in [5, 5.41) is 7.64. The van der Waals surface area contributed by atoms with Crippen LogP contribution >= 0.6 is 11.6 Å². The van der Waals surface area contributed by atoms with E-state index in [-0.39, 0.29) is 4.90 Å². The summed E-state index contributed by atoms with van der Waals surface area (Å²) < 4.78 is 22.7. The first kappa shape index (κ1) is 17.6. The molecule has 0 fully saturated rings. The van der Waals surface area contributed by atoms with Gasteiger partial charge in [0.25, 0.3) is 0 Å². The van der Waals surface area contributed by atoms with Crippen LogP contribution in [-0.4, -0.2) is 19.6 Å². The number of nitrogens with two attached hydrogens (primary N) is 1. The number of primary sulfonamides is 1. The first-order valence-electron chi connectivity index (χ1n) is 8.07. The number of benzene rings is 3. The molecule has 0 saturated carbocycles. The third kappa shape index (κ3) is 3.55. The maximum absolute atomic E-state index is 11.4. The largest absolute Gasteiger partial charge is 0.256 e. The minimum atomic E-state index is -3.72. The first-order chi connectivity index (χ1) is 12.9. The lowest BCUT2D eigenvalue weighted by atomic mass is 10.0. The number of aliphatic imine (C=N–C) groups is 1. The fourth-order valence-electron chi connectivity index (χ4n) is 2.90. The Labute approximate surface area is 161 Å². The highest BCUT2D eigenvalue weighted by Gasteiger charge is 2.09. The SMILES string of the molecule is NS(=O)(=O)c1ccc(N=Cc2c3ccccc3nc3cc(Cl)ccc23)cc1. The van der Waals surface area contributed by atoms with Gasteiger partial charge in [-0.15, -0.1) is 0 Å². The quantitative estimate of drug-likeness (QED) is 0.411. The Morgan fingerprint density at radius 1 is 0.926 bits per heavy atom. The molecule has 27 heavy (non-hydrogen) atoms. The fraction of sp³-hybridized carbons (Fsp3) is 0. The average molecular weight is 396 g/mol. The van der Waals surface area contributed by atoms with Crippen molar-refractivity contribution in [2.75, 3.05) is 0 Å². The second-order valence-corrected chi connectivity index (χ2v) is 8.00. The minimum absolute atomic E-state index is 0.0518. The number of sulfonamides is 1. The van der Waals surface area contributed by atoms with Gasteiger partial charge in [-0.3, -0.25) is 4.99 Å². The molecule has 4 rings (SSSR count). The molecule has 5 nitrogen and oxygen atoms in total. The van der Waals surface area contributed by atoms with Crippen molar-refractivity contribution in [1.29, 1.82) is 0 Å².